The van der Waals surface area contributed by atoms with E-state index in [-0.39, 0.29) is 12.3 Å². The minimum atomic E-state index is -3.39. The second-order valence-corrected chi connectivity index (χ2v) is 6.24. The number of sulfonamides is 1. The summed E-state index contributed by atoms with van der Waals surface area (Å²) in [5.74, 6) is 0.977. The lowest BCUT2D eigenvalue weighted by Gasteiger charge is -2.05. The van der Waals surface area contributed by atoms with Crippen LogP contribution in [-0.4, -0.2) is 13.4 Å². The molecule has 0 fully saturated rings. The minimum absolute atomic E-state index is 0.0486. The summed E-state index contributed by atoms with van der Waals surface area (Å²) in [6.07, 6.45) is 1.56. The Morgan fingerprint density at radius 1 is 1.21 bits per heavy atom. The zero-order valence-corrected chi connectivity index (χ0v) is 11.7. The van der Waals surface area contributed by atoms with Gasteiger partial charge in [0.1, 0.15) is 5.76 Å². The van der Waals surface area contributed by atoms with Crippen molar-refractivity contribution < 1.29 is 12.8 Å². The van der Waals surface area contributed by atoms with Gasteiger partial charge < -0.3 is 4.42 Å². The first kappa shape index (κ1) is 13.8. The normalized spacial score (nSPS) is 11.7. The van der Waals surface area contributed by atoms with Crippen LogP contribution in [-0.2, 0) is 22.3 Å². The molecule has 1 aromatic carbocycles. The minimum Gasteiger partial charge on any atom is -0.445 e. The van der Waals surface area contributed by atoms with E-state index in [1.165, 1.54) is 0 Å². The van der Waals surface area contributed by atoms with Crippen molar-refractivity contribution in [2.45, 2.75) is 26.1 Å². The Kier molecular flexibility index (Phi) is 4.01. The highest BCUT2D eigenvalue weighted by atomic mass is 32.2. The second-order valence-electron chi connectivity index (χ2n) is 4.43. The van der Waals surface area contributed by atoms with Crippen molar-refractivity contribution in [3.63, 3.8) is 0 Å². The zero-order chi connectivity index (χ0) is 13.9. The number of rotatable bonds is 5. The molecule has 1 N–H and O–H groups in total. The van der Waals surface area contributed by atoms with Gasteiger partial charge in [-0.25, -0.2) is 18.1 Å². The molecule has 0 unspecified atom stereocenters. The molecule has 0 aliphatic rings. The standard InChI is InChI=1S/C13H16N2O3S/c1-10-3-5-12(6-4-10)9-19(16,17)15-8-13-14-7-11(2)18-13/h3-7,15H,8-9H2,1-2H3. The second kappa shape index (κ2) is 5.54. The largest absolute Gasteiger partial charge is 0.445 e. The summed E-state index contributed by atoms with van der Waals surface area (Å²) in [7, 11) is -3.39. The highest BCUT2D eigenvalue weighted by Crippen LogP contribution is 2.08. The van der Waals surface area contributed by atoms with E-state index in [0.717, 1.165) is 11.1 Å². The molecular weight excluding hydrogens is 264 g/mol. The smallest absolute Gasteiger partial charge is 0.216 e. The first-order chi connectivity index (χ1) is 8.94. The third kappa shape index (κ3) is 4.18. The van der Waals surface area contributed by atoms with Gasteiger partial charge in [-0.15, -0.1) is 0 Å². The van der Waals surface area contributed by atoms with Crippen LogP contribution >= 0.6 is 0 Å². The van der Waals surface area contributed by atoms with E-state index >= 15 is 0 Å². The molecule has 6 heteroatoms. The van der Waals surface area contributed by atoms with Crippen LogP contribution in [0.25, 0.3) is 0 Å². The van der Waals surface area contributed by atoms with Gasteiger partial charge in [0.25, 0.3) is 0 Å². The Labute approximate surface area is 112 Å². The lowest BCUT2D eigenvalue weighted by Crippen LogP contribution is -2.24. The number of nitrogens with one attached hydrogen (secondary N) is 1. The van der Waals surface area contributed by atoms with Gasteiger partial charge >= 0.3 is 0 Å². The van der Waals surface area contributed by atoms with Crippen LogP contribution in [0.4, 0.5) is 0 Å². The van der Waals surface area contributed by atoms with Crippen LogP contribution < -0.4 is 4.72 Å². The summed E-state index contributed by atoms with van der Waals surface area (Å²) in [5.41, 5.74) is 1.85. The number of nitrogens with zero attached hydrogens (tertiary/aromatic N) is 1. The van der Waals surface area contributed by atoms with Gasteiger partial charge in [-0.3, -0.25) is 0 Å². The molecule has 1 heterocycles. The SMILES string of the molecule is Cc1ccc(CS(=O)(=O)NCc2ncc(C)o2)cc1. The Morgan fingerprint density at radius 3 is 2.47 bits per heavy atom. The molecule has 19 heavy (non-hydrogen) atoms. The molecule has 0 spiro atoms. The highest BCUT2D eigenvalue weighted by Gasteiger charge is 2.12. The van der Waals surface area contributed by atoms with Crippen LogP contribution in [0, 0.1) is 13.8 Å². The number of aromatic nitrogens is 1. The van der Waals surface area contributed by atoms with E-state index in [1.54, 1.807) is 13.1 Å². The number of benzene rings is 1. The Bertz CT molecular complexity index is 645. The van der Waals surface area contributed by atoms with E-state index < -0.39 is 10.0 Å². The highest BCUT2D eigenvalue weighted by molar-refractivity contribution is 7.88. The molecular formula is C13H16N2O3S. The summed E-state index contributed by atoms with van der Waals surface area (Å²) in [4.78, 5) is 3.94. The average Bonchev–Trinajstić information content (AvgIpc) is 2.76. The fourth-order valence-electron chi connectivity index (χ4n) is 1.61. The van der Waals surface area contributed by atoms with Gasteiger partial charge in [-0.2, -0.15) is 0 Å². The first-order valence-electron chi connectivity index (χ1n) is 5.89. The molecule has 1 aromatic heterocycles. The van der Waals surface area contributed by atoms with Crippen molar-refractivity contribution in [1.82, 2.24) is 9.71 Å². The third-order valence-corrected chi connectivity index (χ3v) is 3.89. The maximum Gasteiger partial charge on any atom is 0.216 e. The van der Waals surface area contributed by atoms with Crippen molar-refractivity contribution in [2.24, 2.45) is 0 Å². The summed E-state index contributed by atoms with van der Waals surface area (Å²) >= 11 is 0. The van der Waals surface area contributed by atoms with Crippen molar-refractivity contribution in [1.29, 1.82) is 0 Å². The van der Waals surface area contributed by atoms with E-state index in [4.69, 9.17) is 4.42 Å². The molecule has 0 radical (unpaired) electrons. The molecule has 0 amide bonds. The maximum absolute atomic E-state index is 11.9. The van der Waals surface area contributed by atoms with Crippen LogP contribution in [0.2, 0.25) is 0 Å². The third-order valence-electron chi connectivity index (χ3n) is 2.59. The predicted octanol–water partition coefficient (Wildman–Crippen LogP) is 1.91. The molecule has 2 rings (SSSR count). The Balaban J connectivity index is 1.97. The first-order valence-corrected chi connectivity index (χ1v) is 7.54. The van der Waals surface area contributed by atoms with Gasteiger partial charge in [0.2, 0.25) is 15.9 Å². The molecule has 0 saturated carbocycles. The summed E-state index contributed by atoms with van der Waals surface area (Å²) in [5, 5.41) is 0. The lowest BCUT2D eigenvalue weighted by molar-refractivity contribution is 0.463. The van der Waals surface area contributed by atoms with Crippen molar-refractivity contribution in [2.75, 3.05) is 0 Å². The van der Waals surface area contributed by atoms with E-state index in [9.17, 15) is 8.42 Å². The molecule has 5 nitrogen and oxygen atoms in total. The van der Waals surface area contributed by atoms with Gasteiger partial charge in [0.05, 0.1) is 18.5 Å². The van der Waals surface area contributed by atoms with Gasteiger partial charge in [-0.05, 0) is 19.4 Å². The molecule has 2 aromatic rings. The number of oxazole rings is 1. The molecule has 0 bridgehead atoms. The molecule has 0 atom stereocenters. The lowest BCUT2D eigenvalue weighted by atomic mass is 10.2. The average molecular weight is 280 g/mol. The number of hydrogen-bond acceptors (Lipinski definition) is 4. The van der Waals surface area contributed by atoms with Gasteiger partial charge in [-0.1, -0.05) is 29.8 Å². The Morgan fingerprint density at radius 2 is 1.89 bits per heavy atom. The summed E-state index contributed by atoms with van der Waals surface area (Å²) < 4.78 is 31.4. The van der Waals surface area contributed by atoms with Gasteiger partial charge in [0.15, 0.2) is 0 Å². The monoisotopic (exact) mass is 280 g/mol. The van der Waals surface area contributed by atoms with Crippen LogP contribution in [0.15, 0.2) is 34.9 Å². The zero-order valence-electron chi connectivity index (χ0n) is 10.9. The summed E-state index contributed by atoms with van der Waals surface area (Å²) in [6.45, 7) is 3.79. The van der Waals surface area contributed by atoms with Crippen LogP contribution in [0.5, 0.6) is 0 Å². The molecule has 0 aliphatic heterocycles. The summed E-state index contributed by atoms with van der Waals surface area (Å²) in [6, 6.07) is 7.40. The quantitative estimate of drug-likeness (QED) is 0.908. The van der Waals surface area contributed by atoms with Gasteiger partial charge in [0, 0.05) is 0 Å². The van der Waals surface area contributed by atoms with E-state index in [2.05, 4.69) is 9.71 Å². The van der Waals surface area contributed by atoms with E-state index in [1.807, 2.05) is 31.2 Å². The van der Waals surface area contributed by atoms with Crippen molar-refractivity contribution in [3.8, 4) is 0 Å². The predicted molar refractivity (Wildman–Crippen MR) is 71.9 cm³/mol. The fraction of sp³-hybridized carbons (Fsp3) is 0.308. The molecule has 0 aliphatic carbocycles. The van der Waals surface area contributed by atoms with E-state index in [0.29, 0.717) is 11.7 Å². The molecule has 102 valence electrons. The molecule has 0 saturated heterocycles. The fourth-order valence-corrected chi connectivity index (χ4v) is 2.69. The number of hydrogen-bond donors (Lipinski definition) is 1. The van der Waals surface area contributed by atoms with Crippen LogP contribution in [0.1, 0.15) is 22.8 Å². The van der Waals surface area contributed by atoms with Crippen molar-refractivity contribution >= 4 is 10.0 Å². The van der Waals surface area contributed by atoms with Crippen molar-refractivity contribution in [3.05, 3.63) is 53.2 Å². The number of aryl methyl sites for hydroxylation is 2. The van der Waals surface area contributed by atoms with Crippen LogP contribution in [0.3, 0.4) is 0 Å². The topological polar surface area (TPSA) is 72.2 Å². The Hall–Kier alpha value is -1.66. The maximum atomic E-state index is 11.9.